The van der Waals surface area contributed by atoms with E-state index >= 15 is 0 Å². The number of benzene rings is 3. The molecule has 0 unspecified atom stereocenters. The van der Waals surface area contributed by atoms with Gasteiger partial charge in [0.25, 0.3) is 5.91 Å². The Bertz CT molecular complexity index is 884. The average molecular weight is 372 g/mol. The van der Waals surface area contributed by atoms with Crippen LogP contribution in [0.1, 0.15) is 33.0 Å². The van der Waals surface area contributed by atoms with Crippen LogP contribution in [0, 0.1) is 6.92 Å². The highest BCUT2D eigenvalue weighted by Gasteiger charge is 2.15. The lowest BCUT2D eigenvalue weighted by molar-refractivity contribution is -0.120. The third-order valence-electron chi connectivity index (χ3n) is 4.60. The van der Waals surface area contributed by atoms with Crippen LogP contribution < -0.4 is 10.6 Å². The highest BCUT2D eigenvalue weighted by Crippen LogP contribution is 2.23. The van der Waals surface area contributed by atoms with E-state index in [1.165, 1.54) is 0 Å². The van der Waals surface area contributed by atoms with Gasteiger partial charge in [-0.15, -0.1) is 0 Å². The first-order chi connectivity index (χ1) is 13.6. The summed E-state index contributed by atoms with van der Waals surface area (Å²) in [5, 5.41) is 5.62. The van der Waals surface area contributed by atoms with Crippen LogP contribution in [0.2, 0.25) is 0 Å². The maximum absolute atomic E-state index is 12.3. The Balaban J connectivity index is 1.59. The minimum absolute atomic E-state index is 0.0525. The van der Waals surface area contributed by atoms with Crippen LogP contribution in [-0.4, -0.2) is 24.9 Å². The molecule has 3 aromatic carbocycles. The lowest BCUT2D eigenvalue weighted by atomic mass is 9.91. The molecule has 0 heterocycles. The largest absolute Gasteiger partial charge is 0.354 e. The lowest BCUT2D eigenvalue weighted by Gasteiger charge is -2.19. The van der Waals surface area contributed by atoms with Crippen LogP contribution in [-0.2, 0) is 4.79 Å². The first kappa shape index (κ1) is 19.4. The topological polar surface area (TPSA) is 58.2 Å². The molecule has 0 aliphatic heterocycles. The predicted molar refractivity (Wildman–Crippen MR) is 111 cm³/mol. The molecule has 2 amide bonds. The van der Waals surface area contributed by atoms with Crippen molar-refractivity contribution in [2.24, 2.45) is 0 Å². The summed E-state index contributed by atoms with van der Waals surface area (Å²) in [6, 6.07) is 27.5. The molecule has 4 nitrogen and oxygen atoms in total. The highest BCUT2D eigenvalue weighted by atomic mass is 16.2. The molecule has 142 valence electrons. The SMILES string of the molecule is Cc1cccc(C(=O)NCC(=O)NCC(c2ccccc2)c2ccccc2)c1. The van der Waals surface area contributed by atoms with Crippen molar-refractivity contribution in [2.45, 2.75) is 12.8 Å². The molecule has 0 atom stereocenters. The van der Waals surface area contributed by atoms with Crippen LogP contribution in [0.3, 0.4) is 0 Å². The zero-order chi connectivity index (χ0) is 19.8. The fourth-order valence-electron chi connectivity index (χ4n) is 3.13. The third kappa shape index (κ3) is 5.30. The predicted octanol–water partition coefficient (Wildman–Crippen LogP) is 3.67. The summed E-state index contributed by atoms with van der Waals surface area (Å²) in [7, 11) is 0. The first-order valence-electron chi connectivity index (χ1n) is 9.35. The fraction of sp³-hybridized carbons (Fsp3) is 0.167. The van der Waals surface area contributed by atoms with E-state index in [0.717, 1.165) is 16.7 Å². The van der Waals surface area contributed by atoms with Crippen molar-refractivity contribution in [2.75, 3.05) is 13.1 Å². The van der Waals surface area contributed by atoms with Gasteiger partial charge in [0.1, 0.15) is 0 Å². The van der Waals surface area contributed by atoms with E-state index in [9.17, 15) is 9.59 Å². The Morgan fingerprint density at radius 2 is 1.39 bits per heavy atom. The van der Waals surface area contributed by atoms with E-state index < -0.39 is 0 Å². The van der Waals surface area contributed by atoms with Gasteiger partial charge < -0.3 is 10.6 Å². The van der Waals surface area contributed by atoms with Crippen molar-refractivity contribution < 1.29 is 9.59 Å². The van der Waals surface area contributed by atoms with E-state index in [1.807, 2.05) is 55.5 Å². The Morgan fingerprint density at radius 1 is 0.786 bits per heavy atom. The summed E-state index contributed by atoms with van der Waals surface area (Å²) in [4.78, 5) is 24.5. The quantitative estimate of drug-likeness (QED) is 0.665. The molecule has 0 spiro atoms. The van der Waals surface area contributed by atoms with E-state index in [2.05, 4.69) is 34.9 Å². The number of aryl methyl sites for hydroxylation is 1. The molecule has 0 saturated carbocycles. The van der Waals surface area contributed by atoms with Gasteiger partial charge in [0.05, 0.1) is 6.54 Å². The van der Waals surface area contributed by atoms with E-state index in [1.54, 1.807) is 12.1 Å². The summed E-state index contributed by atoms with van der Waals surface area (Å²) in [5.41, 5.74) is 3.83. The standard InChI is InChI=1S/C24H24N2O2/c1-18-9-8-14-21(15-18)24(28)26-17-23(27)25-16-22(19-10-4-2-5-11-19)20-12-6-3-7-13-20/h2-15,22H,16-17H2,1H3,(H,25,27)(H,26,28). The van der Waals surface area contributed by atoms with Gasteiger partial charge >= 0.3 is 0 Å². The number of rotatable bonds is 7. The molecule has 0 bridgehead atoms. The van der Waals surface area contributed by atoms with Crippen LogP contribution in [0.25, 0.3) is 0 Å². The second-order valence-electron chi connectivity index (χ2n) is 6.73. The summed E-state index contributed by atoms with van der Waals surface area (Å²) in [6.45, 7) is 2.34. The second kappa shape index (κ2) is 9.51. The van der Waals surface area contributed by atoms with Crippen molar-refractivity contribution in [3.8, 4) is 0 Å². The Labute approximate surface area is 165 Å². The molecule has 0 saturated heterocycles. The first-order valence-corrected chi connectivity index (χ1v) is 9.35. The van der Waals surface area contributed by atoms with Crippen molar-refractivity contribution in [1.29, 1.82) is 0 Å². The Hall–Kier alpha value is -3.40. The maximum atomic E-state index is 12.3. The number of hydrogen-bond acceptors (Lipinski definition) is 2. The van der Waals surface area contributed by atoms with Crippen LogP contribution in [0.5, 0.6) is 0 Å². The molecule has 3 aromatic rings. The number of nitrogens with one attached hydrogen (secondary N) is 2. The third-order valence-corrected chi connectivity index (χ3v) is 4.60. The maximum Gasteiger partial charge on any atom is 0.251 e. The molecular formula is C24H24N2O2. The minimum Gasteiger partial charge on any atom is -0.354 e. The smallest absolute Gasteiger partial charge is 0.251 e. The molecule has 0 radical (unpaired) electrons. The highest BCUT2D eigenvalue weighted by molar-refractivity contribution is 5.96. The molecule has 3 rings (SSSR count). The van der Waals surface area contributed by atoms with E-state index in [-0.39, 0.29) is 24.3 Å². The normalized spacial score (nSPS) is 10.5. The summed E-state index contributed by atoms with van der Waals surface area (Å²) >= 11 is 0. The summed E-state index contributed by atoms with van der Waals surface area (Å²) < 4.78 is 0. The number of hydrogen-bond donors (Lipinski definition) is 2. The molecule has 28 heavy (non-hydrogen) atoms. The molecule has 2 N–H and O–H groups in total. The van der Waals surface area contributed by atoms with Crippen molar-refractivity contribution in [3.63, 3.8) is 0 Å². The Kier molecular flexibility index (Phi) is 6.58. The van der Waals surface area contributed by atoms with E-state index in [0.29, 0.717) is 12.1 Å². The van der Waals surface area contributed by atoms with Crippen molar-refractivity contribution in [3.05, 3.63) is 107 Å². The van der Waals surface area contributed by atoms with Gasteiger partial charge in [-0.2, -0.15) is 0 Å². The van der Waals surface area contributed by atoms with Gasteiger partial charge in [0.2, 0.25) is 5.91 Å². The van der Waals surface area contributed by atoms with Crippen LogP contribution in [0.4, 0.5) is 0 Å². The fourth-order valence-corrected chi connectivity index (χ4v) is 3.13. The van der Waals surface area contributed by atoms with Crippen LogP contribution in [0.15, 0.2) is 84.9 Å². The van der Waals surface area contributed by atoms with Gasteiger partial charge in [0.15, 0.2) is 0 Å². The van der Waals surface area contributed by atoms with Crippen LogP contribution >= 0.6 is 0 Å². The van der Waals surface area contributed by atoms with Crippen molar-refractivity contribution in [1.82, 2.24) is 10.6 Å². The zero-order valence-corrected chi connectivity index (χ0v) is 15.9. The molecular weight excluding hydrogens is 348 g/mol. The number of carbonyl (C=O) groups is 2. The number of amides is 2. The van der Waals surface area contributed by atoms with E-state index in [4.69, 9.17) is 0 Å². The van der Waals surface area contributed by atoms with Gasteiger partial charge in [-0.05, 0) is 30.2 Å². The Morgan fingerprint density at radius 3 is 1.96 bits per heavy atom. The van der Waals surface area contributed by atoms with Gasteiger partial charge in [-0.1, -0.05) is 78.4 Å². The zero-order valence-electron chi connectivity index (χ0n) is 15.9. The van der Waals surface area contributed by atoms with Gasteiger partial charge in [-0.3, -0.25) is 9.59 Å². The van der Waals surface area contributed by atoms with Gasteiger partial charge in [0, 0.05) is 18.0 Å². The summed E-state index contributed by atoms with van der Waals surface area (Å²) in [5.74, 6) is -0.404. The molecule has 4 heteroatoms. The second-order valence-corrected chi connectivity index (χ2v) is 6.73. The molecule has 0 aliphatic carbocycles. The molecule has 0 aromatic heterocycles. The number of carbonyl (C=O) groups excluding carboxylic acids is 2. The van der Waals surface area contributed by atoms with Gasteiger partial charge in [-0.25, -0.2) is 0 Å². The monoisotopic (exact) mass is 372 g/mol. The minimum atomic E-state index is -0.249. The lowest BCUT2D eigenvalue weighted by Crippen LogP contribution is -2.38. The van der Waals surface area contributed by atoms with Crippen molar-refractivity contribution >= 4 is 11.8 Å². The molecule has 0 aliphatic rings. The summed E-state index contributed by atoms with van der Waals surface area (Å²) in [6.07, 6.45) is 0. The molecule has 0 fully saturated rings. The average Bonchev–Trinajstić information content (AvgIpc) is 2.73.